The monoisotopic (exact) mass is 1240 g/mol. The summed E-state index contributed by atoms with van der Waals surface area (Å²) in [5, 5.41) is 23.0. The lowest BCUT2D eigenvalue weighted by Crippen LogP contribution is -2.59. The van der Waals surface area contributed by atoms with Crippen molar-refractivity contribution >= 4 is 80.7 Å². The van der Waals surface area contributed by atoms with Crippen LogP contribution in [0.5, 0.6) is 0 Å². The first-order valence-electron chi connectivity index (χ1n) is 29.9. The maximum atomic E-state index is 13.9. The van der Waals surface area contributed by atoms with Crippen molar-refractivity contribution in [2.45, 2.75) is 224 Å². The maximum absolute atomic E-state index is 13.9. The topological polar surface area (TPSA) is 240 Å². The summed E-state index contributed by atoms with van der Waals surface area (Å²) in [6.45, 7) is 22.8. The number of anilines is 3. The van der Waals surface area contributed by atoms with Gasteiger partial charge in [0.05, 0.1) is 46.3 Å². The molecule has 7 N–H and O–H groups in total. The molecule has 27 heteroatoms. The Bertz CT molecular complexity index is 3160. The van der Waals surface area contributed by atoms with E-state index in [0.29, 0.717) is 83.1 Å². The molecule has 5 aliphatic rings. The minimum atomic E-state index is -4.58. The summed E-state index contributed by atoms with van der Waals surface area (Å²) in [5.74, 6) is -0.262. The Hall–Kier alpha value is -6.54. The van der Waals surface area contributed by atoms with Crippen molar-refractivity contribution in [1.29, 1.82) is 0 Å². The molecule has 478 valence electrons. The van der Waals surface area contributed by atoms with E-state index in [9.17, 15) is 50.3 Å². The van der Waals surface area contributed by atoms with E-state index in [4.69, 9.17) is 16.3 Å². The van der Waals surface area contributed by atoms with Gasteiger partial charge < -0.3 is 56.7 Å². The van der Waals surface area contributed by atoms with Gasteiger partial charge in [0.25, 0.3) is 0 Å². The largest absolute Gasteiger partial charge is 0.444 e. The SMILES string of the molecule is CC(=O)N[C@@H]1C[C@H](NC(C)(C)C)CC[C@@H]1N1CC[C@H](Nc2nc(Cl)nc3ccc(C(F)(F)F)cc23)C1=O.CC(=O)N[C@@H]1C[C@H](NC(C)(C)C)CC[C@@H]1N1CC[C@H](Nc2nc(NC3CCN(C(=O)OC(C)(C)C)CC3)nc3ccc(C(F)(F)F)cc23)C1=O. The Kier molecular flexibility index (Phi) is 20.1. The van der Waals surface area contributed by atoms with Gasteiger partial charge in [-0.15, -0.1) is 0 Å². The van der Waals surface area contributed by atoms with Crippen molar-refractivity contribution in [1.82, 2.24) is 55.9 Å². The van der Waals surface area contributed by atoms with Crippen LogP contribution in [0.2, 0.25) is 5.28 Å². The predicted octanol–water partition coefficient (Wildman–Crippen LogP) is 9.42. The van der Waals surface area contributed by atoms with Crippen molar-refractivity contribution in [3.63, 3.8) is 0 Å². The number of amides is 5. The van der Waals surface area contributed by atoms with Crippen LogP contribution in [0.3, 0.4) is 0 Å². The van der Waals surface area contributed by atoms with Crippen molar-refractivity contribution in [2.24, 2.45) is 0 Å². The number of aromatic nitrogens is 4. The Morgan fingerprint density at radius 3 is 1.40 bits per heavy atom. The molecule has 5 heterocycles. The number of piperidine rings is 1. The molecule has 8 atom stereocenters. The summed E-state index contributed by atoms with van der Waals surface area (Å²) < 4.78 is 86.8. The van der Waals surface area contributed by atoms with Gasteiger partial charge in [-0.1, -0.05) is 0 Å². The number of alkyl halides is 6. The lowest BCUT2D eigenvalue weighted by Gasteiger charge is -2.43. The summed E-state index contributed by atoms with van der Waals surface area (Å²) in [6.07, 6.45) is -2.98. The fraction of sp³-hybridized carbons (Fsp3) is 0.650. The van der Waals surface area contributed by atoms with Crippen LogP contribution in [0.1, 0.15) is 151 Å². The van der Waals surface area contributed by atoms with E-state index in [1.807, 2.05) is 20.8 Å². The van der Waals surface area contributed by atoms with Gasteiger partial charge in [-0.2, -0.15) is 31.3 Å². The quantitative estimate of drug-likeness (QED) is 0.0516. The third-order valence-electron chi connectivity index (χ3n) is 16.1. The fourth-order valence-corrected chi connectivity index (χ4v) is 12.8. The van der Waals surface area contributed by atoms with Crippen LogP contribution in [0.25, 0.3) is 21.8 Å². The number of nitrogens with one attached hydrogen (secondary N) is 7. The van der Waals surface area contributed by atoms with E-state index in [2.05, 4.69) is 98.7 Å². The van der Waals surface area contributed by atoms with Gasteiger partial charge in [-0.25, -0.2) is 19.7 Å². The van der Waals surface area contributed by atoms with Gasteiger partial charge >= 0.3 is 18.4 Å². The van der Waals surface area contributed by atoms with Crippen molar-refractivity contribution in [3.8, 4) is 0 Å². The second-order valence-electron chi connectivity index (χ2n) is 26.7. The molecule has 4 aromatic rings. The van der Waals surface area contributed by atoms with E-state index in [-0.39, 0.29) is 122 Å². The van der Waals surface area contributed by atoms with Crippen LogP contribution in [0.4, 0.5) is 48.7 Å². The van der Waals surface area contributed by atoms with Gasteiger partial charge in [0.2, 0.25) is 34.9 Å². The molecule has 0 spiro atoms. The molecular formula is C60H83ClF6N14O6. The van der Waals surface area contributed by atoms with Crippen molar-refractivity contribution < 1.29 is 55.1 Å². The Balaban J connectivity index is 0.000000236. The highest BCUT2D eigenvalue weighted by Gasteiger charge is 2.45. The molecule has 2 saturated carbocycles. The molecule has 0 bridgehead atoms. The van der Waals surface area contributed by atoms with Gasteiger partial charge in [-0.05, 0) is 175 Å². The Morgan fingerprint density at radius 2 is 0.989 bits per heavy atom. The number of fused-ring (bicyclic) bond motifs is 2. The molecule has 5 fully saturated rings. The van der Waals surface area contributed by atoms with E-state index in [1.54, 1.807) is 14.7 Å². The number of ether oxygens (including phenoxy) is 1. The Morgan fingerprint density at radius 1 is 0.552 bits per heavy atom. The van der Waals surface area contributed by atoms with Crippen LogP contribution in [-0.2, 0) is 36.3 Å². The van der Waals surface area contributed by atoms with Gasteiger partial charge in [0.1, 0.15) is 29.3 Å². The summed E-state index contributed by atoms with van der Waals surface area (Å²) in [6, 6.07) is 4.48. The standard InChI is InChI=1S/C35H51F3N8O4.C25H32ClF3N6O2/c1-20(47)39-27-19-23(44-33(2,3)4)9-11-28(27)46-17-14-26(30(46)48)41-29-24-18-21(35(36,37)38)8-10-25(24)42-31(43-29)40-22-12-15-45(16-13-22)32(49)50-34(5,6)7;1-13(36)30-19-12-15(34-24(2,3)4)6-8-20(19)35-10-9-18(22(35)37)31-21-16-11-14(25(27,28)29)5-7-17(16)32-23(26)33-21/h8,10,18,22-23,26-28,44H,9,11-17,19H2,1-7H3,(H,39,47)(H2,40,41,42,43);5,7,11,15,18-20,34H,6,8-10,12H2,1-4H3,(H,30,36)(H,31,32,33)/t23-,26+,27-,28+;15-,18+,19-,20+/m11/s1. The zero-order valence-electron chi connectivity index (χ0n) is 51.3. The summed E-state index contributed by atoms with van der Waals surface area (Å²) in [4.78, 5) is 86.6. The molecule has 2 aliphatic carbocycles. The number of carbonyl (C=O) groups excluding carboxylic acids is 5. The molecule has 2 aromatic heterocycles. The molecule has 3 saturated heterocycles. The second-order valence-corrected chi connectivity index (χ2v) is 27.0. The number of likely N-dealkylation sites (tertiary alicyclic amines) is 3. The van der Waals surface area contributed by atoms with Crippen LogP contribution in [0, 0.1) is 0 Å². The smallest absolute Gasteiger partial charge is 0.416 e. The molecule has 87 heavy (non-hydrogen) atoms. The van der Waals surface area contributed by atoms with E-state index in [1.165, 1.54) is 26.0 Å². The number of hydrogen-bond donors (Lipinski definition) is 7. The first kappa shape index (κ1) is 66.4. The average molecular weight is 1250 g/mol. The normalized spacial score (nSPS) is 24.4. The summed E-state index contributed by atoms with van der Waals surface area (Å²) >= 11 is 6.03. The number of carbonyl (C=O) groups is 5. The first-order chi connectivity index (χ1) is 40.5. The molecular weight excluding hydrogens is 1160 g/mol. The average Bonchev–Trinajstić information content (AvgIpc) is 2.09. The Labute approximate surface area is 508 Å². The fourth-order valence-electron chi connectivity index (χ4n) is 12.6. The van der Waals surface area contributed by atoms with Gasteiger partial charge in [0, 0.05) is 80.0 Å². The van der Waals surface area contributed by atoms with Crippen LogP contribution in [-0.4, -0.2) is 162 Å². The minimum absolute atomic E-state index is 0.0790. The summed E-state index contributed by atoms with van der Waals surface area (Å²) in [7, 11) is 0. The number of rotatable bonds is 12. The van der Waals surface area contributed by atoms with Crippen LogP contribution < -0.4 is 37.2 Å². The highest BCUT2D eigenvalue weighted by Crippen LogP contribution is 2.38. The highest BCUT2D eigenvalue weighted by atomic mass is 35.5. The predicted molar refractivity (Wildman–Crippen MR) is 320 cm³/mol. The highest BCUT2D eigenvalue weighted by molar-refractivity contribution is 6.28. The molecule has 2 aromatic carbocycles. The van der Waals surface area contributed by atoms with Gasteiger partial charge in [-0.3, -0.25) is 19.2 Å². The molecule has 0 unspecified atom stereocenters. The molecule has 5 amide bonds. The van der Waals surface area contributed by atoms with Crippen molar-refractivity contribution in [3.05, 3.63) is 52.8 Å². The first-order valence-corrected chi connectivity index (χ1v) is 30.3. The van der Waals surface area contributed by atoms with Crippen LogP contribution >= 0.6 is 11.6 Å². The number of halogens is 7. The molecule has 0 radical (unpaired) electrons. The molecule has 9 rings (SSSR count). The second kappa shape index (κ2) is 26.3. The third kappa shape index (κ3) is 17.6. The van der Waals surface area contributed by atoms with E-state index < -0.39 is 41.2 Å². The maximum Gasteiger partial charge on any atom is 0.416 e. The third-order valence-corrected chi connectivity index (χ3v) is 16.2. The zero-order chi connectivity index (χ0) is 63.7. The van der Waals surface area contributed by atoms with E-state index >= 15 is 0 Å². The van der Waals surface area contributed by atoms with Crippen LogP contribution in [0.15, 0.2) is 36.4 Å². The van der Waals surface area contributed by atoms with Crippen molar-refractivity contribution in [2.75, 3.05) is 42.1 Å². The molecule has 20 nitrogen and oxygen atoms in total. The molecule has 3 aliphatic heterocycles. The number of benzene rings is 2. The minimum Gasteiger partial charge on any atom is -0.444 e. The van der Waals surface area contributed by atoms with E-state index in [0.717, 1.165) is 37.1 Å². The summed E-state index contributed by atoms with van der Waals surface area (Å²) in [5.41, 5.74) is -1.93. The lowest BCUT2D eigenvalue weighted by molar-refractivity contribution is -0.138. The van der Waals surface area contributed by atoms with Gasteiger partial charge in [0.15, 0.2) is 0 Å². The lowest BCUT2D eigenvalue weighted by atomic mass is 9.84. The zero-order valence-corrected chi connectivity index (χ0v) is 52.0. The number of nitrogens with zero attached hydrogens (tertiary/aromatic N) is 7. The number of hydrogen-bond acceptors (Lipinski definition) is 15.